The Morgan fingerprint density at radius 1 is 1.00 bits per heavy atom. The van der Waals surface area contributed by atoms with Gasteiger partial charge in [-0.2, -0.15) is 0 Å². The van der Waals surface area contributed by atoms with Crippen LogP contribution in [-0.4, -0.2) is 0 Å². The summed E-state index contributed by atoms with van der Waals surface area (Å²) < 4.78 is 3.16. The van der Waals surface area contributed by atoms with E-state index < -0.39 is 0 Å². The first-order chi connectivity index (χ1) is 9.10. The molecule has 3 N–H and O–H groups in total. The molecule has 1 atom stereocenters. The standard InChI is InChI=1S/C14H13Br3N2/c15-11-5-10(6-12(16)8-11)14(19-18)7-9-3-1-2-4-13(9)17/h1-6,8,14,19H,7,18H2. The van der Waals surface area contributed by atoms with Crippen molar-refractivity contribution in [2.24, 2.45) is 5.84 Å². The molecular formula is C14H13Br3N2. The predicted molar refractivity (Wildman–Crippen MR) is 89.8 cm³/mol. The van der Waals surface area contributed by atoms with Crippen molar-refractivity contribution in [1.29, 1.82) is 0 Å². The Bertz CT molecular complexity index is 552. The van der Waals surface area contributed by atoms with E-state index in [2.05, 4.69) is 71.4 Å². The summed E-state index contributed by atoms with van der Waals surface area (Å²) in [6, 6.07) is 14.4. The zero-order valence-electron chi connectivity index (χ0n) is 10.0. The number of hydrogen-bond acceptors (Lipinski definition) is 2. The van der Waals surface area contributed by atoms with E-state index in [0.717, 1.165) is 25.4 Å². The molecule has 0 fully saturated rings. The molecule has 2 nitrogen and oxygen atoms in total. The third kappa shape index (κ3) is 4.13. The summed E-state index contributed by atoms with van der Waals surface area (Å²) in [5.74, 6) is 5.71. The number of nitrogens with one attached hydrogen (secondary N) is 1. The maximum absolute atomic E-state index is 5.71. The third-order valence-corrected chi connectivity index (χ3v) is 4.56. The molecule has 0 amide bonds. The fourth-order valence-electron chi connectivity index (χ4n) is 1.93. The average Bonchev–Trinajstić information content (AvgIpc) is 2.36. The van der Waals surface area contributed by atoms with Gasteiger partial charge in [-0.1, -0.05) is 66.0 Å². The largest absolute Gasteiger partial charge is 0.271 e. The highest BCUT2D eigenvalue weighted by Crippen LogP contribution is 2.27. The summed E-state index contributed by atoms with van der Waals surface area (Å²) in [7, 11) is 0. The van der Waals surface area contributed by atoms with E-state index in [9.17, 15) is 0 Å². The van der Waals surface area contributed by atoms with Gasteiger partial charge in [0.25, 0.3) is 0 Å². The first-order valence-corrected chi connectivity index (χ1v) is 8.13. The van der Waals surface area contributed by atoms with Crippen molar-refractivity contribution in [2.75, 3.05) is 0 Å². The van der Waals surface area contributed by atoms with Crippen LogP contribution in [0.25, 0.3) is 0 Å². The van der Waals surface area contributed by atoms with Crippen LogP contribution in [0.5, 0.6) is 0 Å². The van der Waals surface area contributed by atoms with E-state index in [1.807, 2.05) is 24.3 Å². The van der Waals surface area contributed by atoms with E-state index in [4.69, 9.17) is 5.84 Å². The molecule has 0 saturated heterocycles. The molecule has 5 heteroatoms. The monoisotopic (exact) mass is 446 g/mol. The Balaban J connectivity index is 2.28. The Labute approximate surface area is 138 Å². The molecule has 0 aliphatic heterocycles. The van der Waals surface area contributed by atoms with Crippen molar-refractivity contribution in [2.45, 2.75) is 12.5 Å². The van der Waals surface area contributed by atoms with Crippen LogP contribution in [0.1, 0.15) is 17.2 Å². The van der Waals surface area contributed by atoms with Crippen LogP contribution in [0.4, 0.5) is 0 Å². The number of nitrogens with two attached hydrogens (primary N) is 1. The second-order valence-corrected chi connectivity index (χ2v) is 6.90. The maximum atomic E-state index is 5.71. The summed E-state index contributed by atoms with van der Waals surface area (Å²) in [6.45, 7) is 0. The maximum Gasteiger partial charge on any atom is 0.0501 e. The molecule has 0 radical (unpaired) electrons. The normalized spacial score (nSPS) is 12.4. The molecule has 2 rings (SSSR count). The predicted octanol–water partition coefficient (Wildman–Crippen LogP) is 4.72. The van der Waals surface area contributed by atoms with Gasteiger partial charge < -0.3 is 0 Å². The Kier molecular flexibility index (Phi) is 5.59. The second-order valence-electron chi connectivity index (χ2n) is 4.22. The lowest BCUT2D eigenvalue weighted by Gasteiger charge is -2.18. The first-order valence-electron chi connectivity index (χ1n) is 5.75. The molecule has 19 heavy (non-hydrogen) atoms. The highest BCUT2D eigenvalue weighted by molar-refractivity contribution is 9.11. The molecule has 0 bridgehead atoms. The Hall–Kier alpha value is -0.200. The molecule has 0 saturated carbocycles. The minimum absolute atomic E-state index is 0.0625. The highest BCUT2D eigenvalue weighted by atomic mass is 79.9. The number of rotatable bonds is 4. The smallest absolute Gasteiger partial charge is 0.0501 e. The fourth-order valence-corrected chi connectivity index (χ4v) is 3.71. The van der Waals surface area contributed by atoms with Gasteiger partial charge in [0.2, 0.25) is 0 Å². The van der Waals surface area contributed by atoms with Crippen molar-refractivity contribution in [1.82, 2.24) is 5.43 Å². The van der Waals surface area contributed by atoms with Crippen LogP contribution in [0, 0.1) is 0 Å². The van der Waals surface area contributed by atoms with Gasteiger partial charge in [0.15, 0.2) is 0 Å². The molecule has 0 spiro atoms. The average molecular weight is 449 g/mol. The van der Waals surface area contributed by atoms with Crippen LogP contribution in [0.2, 0.25) is 0 Å². The van der Waals surface area contributed by atoms with Gasteiger partial charge in [-0.25, -0.2) is 0 Å². The Morgan fingerprint density at radius 2 is 1.63 bits per heavy atom. The van der Waals surface area contributed by atoms with Crippen molar-refractivity contribution in [3.63, 3.8) is 0 Å². The van der Waals surface area contributed by atoms with E-state index in [0.29, 0.717) is 0 Å². The zero-order valence-corrected chi connectivity index (χ0v) is 14.8. The van der Waals surface area contributed by atoms with Crippen molar-refractivity contribution in [3.05, 3.63) is 67.0 Å². The van der Waals surface area contributed by atoms with E-state index in [1.54, 1.807) is 0 Å². The van der Waals surface area contributed by atoms with E-state index in [-0.39, 0.29) is 6.04 Å². The summed E-state index contributed by atoms with van der Waals surface area (Å²) >= 11 is 10.6. The van der Waals surface area contributed by atoms with Gasteiger partial charge >= 0.3 is 0 Å². The zero-order chi connectivity index (χ0) is 13.8. The lowest BCUT2D eigenvalue weighted by Crippen LogP contribution is -2.29. The van der Waals surface area contributed by atoms with Gasteiger partial charge in [-0.05, 0) is 41.8 Å². The molecule has 0 heterocycles. The summed E-state index contributed by atoms with van der Waals surface area (Å²) in [6.07, 6.45) is 0.820. The second kappa shape index (κ2) is 6.99. The minimum atomic E-state index is 0.0625. The lowest BCUT2D eigenvalue weighted by atomic mass is 9.99. The third-order valence-electron chi connectivity index (χ3n) is 2.87. The number of benzene rings is 2. The minimum Gasteiger partial charge on any atom is -0.271 e. The van der Waals surface area contributed by atoms with Crippen LogP contribution < -0.4 is 11.3 Å². The van der Waals surface area contributed by atoms with Crippen molar-refractivity contribution < 1.29 is 0 Å². The van der Waals surface area contributed by atoms with Gasteiger partial charge in [-0.15, -0.1) is 0 Å². The summed E-state index contributed by atoms with van der Waals surface area (Å²) in [4.78, 5) is 0. The van der Waals surface area contributed by atoms with Gasteiger partial charge in [0.1, 0.15) is 0 Å². The fraction of sp³-hybridized carbons (Fsp3) is 0.143. The van der Waals surface area contributed by atoms with Gasteiger partial charge in [0, 0.05) is 13.4 Å². The SMILES string of the molecule is NNC(Cc1ccccc1Br)c1cc(Br)cc(Br)c1. The molecule has 100 valence electrons. The summed E-state index contributed by atoms with van der Waals surface area (Å²) in [5, 5.41) is 0. The molecule has 0 aliphatic carbocycles. The quantitative estimate of drug-likeness (QED) is 0.524. The number of hydrazine groups is 1. The molecule has 0 aromatic heterocycles. The number of hydrogen-bond donors (Lipinski definition) is 2. The highest BCUT2D eigenvalue weighted by Gasteiger charge is 2.13. The lowest BCUT2D eigenvalue weighted by molar-refractivity contribution is 0.550. The molecule has 0 aliphatic rings. The first kappa shape index (κ1) is 15.2. The summed E-state index contributed by atoms with van der Waals surface area (Å²) in [5.41, 5.74) is 5.25. The molecule has 2 aromatic carbocycles. The molecular weight excluding hydrogens is 436 g/mol. The van der Waals surface area contributed by atoms with Crippen LogP contribution >= 0.6 is 47.8 Å². The van der Waals surface area contributed by atoms with Crippen molar-refractivity contribution >= 4 is 47.8 Å². The van der Waals surface area contributed by atoms with E-state index in [1.165, 1.54) is 5.56 Å². The van der Waals surface area contributed by atoms with Crippen molar-refractivity contribution in [3.8, 4) is 0 Å². The number of halogens is 3. The Morgan fingerprint density at radius 3 is 2.21 bits per heavy atom. The topological polar surface area (TPSA) is 38.0 Å². The van der Waals surface area contributed by atoms with Crippen LogP contribution in [-0.2, 0) is 6.42 Å². The van der Waals surface area contributed by atoms with Gasteiger partial charge in [-0.3, -0.25) is 11.3 Å². The molecule has 1 unspecified atom stereocenters. The van der Waals surface area contributed by atoms with E-state index >= 15 is 0 Å². The molecule has 2 aromatic rings. The van der Waals surface area contributed by atoms with Crippen LogP contribution in [0.15, 0.2) is 55.9 Å². The van der Waals surface area contributed by atoms with Gasteiger partial charge in [0.05, 0.1) is 6.04 Å². The van der Waals surface area contributed by atoms with Crippen LogP contribution in [0.3, 0.4) is 0 Å².